The highest BCUT2D eigenvalue weighted by atomic mass is 31.2. The van der Waals surface area contributed by atoms with Crippen LogP contribution in [0.25, 0.3) is 0 Å². The Hall–Kier alpha value is -2.39. The standard InChI is InChI=1S/C18H18F2N3O5P/c1-12(28-29(26,21-7-8-21)22-9-10-22)13-5-6-16(23(24)25)17(11-13)27-18-14(19)3-2-4-15(18)20/h2-6,11-12H,7-10H2,1H3. The zero-order valence-electron chi connectivity index (χ0n) is 15.5. The van der Waals surface area contributed by atoms with E-state index in [0.717, 1.165) is 18.2 Å². The monoisotopic (exact) mass is 425 g/mol. The molecule has 2 aromatic carbocycles. The Labute approximate surface area is 165 Å². The van der Waals surface area contributed by atoms with Gasteiger partial charge in [-0.1, -0.05) is 6.07 Å². The highest BCUT2D eigenvalue weighted by Gasteiger charge is 2.50. The van der Waals surface area contributed by atoms with Crippen molar-refractivity contribution in [3.8, 4) is 11.5 Å². The lowest BCUT2D eigenvalue weighted by molar-refractivity contribution is -0.385. The third-order valence-electron chi connectivity index (χ3n) is 4.64. The molecule has 0 radical (unpaired) electrons. The summed E-state index contributed by atoms with van der Waals surface area (Å²) in [5.41, 5.74) is -0.0186. The lowest BCUT2D eigenvalue weighted by Gasteiger charge is -2.24. The molecule has 1 unspecified atom stereocenters. The molecule has 11 heteroatoms. The van der Waals surface area contributed by atoms with Crippen molar-refractivity contribution in [3.05, 3.63) is 63.7 Å². The van der Waals surface area contributed by atoms with E-state index in [9.17, 15) is 23.5 Å². The van der Waals surface area contributed by atoms with Gasteiger partial charge in [0, 0.05) is 32.2 Å². The zero-order valence-corrected chi connectivity index (χ0v) is 16.4. The minimum Gasteiger partial charge on any atom is -0.444 e. The van der Waals surface area contributed by atoms with E-state index in [1.54, 1.807) is 16.3 Å². The van der Waals surface area contributed by atoms with Crippen molar-refractivity contribution in [2.45, 2.75) is 13.0 Å². The van der Waals surface area contributed by atoms with Crippen molar-refractivity contribution in [3.63, 3.8) is 0 Å². The summed E-state index contributed by atoms with van der Waals surface area (Å²) in [4.78, 5) is 10.6. The Balaban J connectivity index is 1.64. The average molecular weight is 425 g/mol. The molecule has 154 valence electrons. The molecule has 1 atom stereocenters. The van der Waals surface area contributed by atoms with Crippen molar-refractivity contribution in [1.82, 2.24) is 9.34 Å². The molecule has 0 aromatic heterocycles. The number of hydrogen-bond acceptors (Lipinski definition) is 5. The van der Waals surface area contributed by atoms with E-state index in [-0.39, 0.29) is 5.75 Å². The Morgan fingerprint density at radius 1 is 1.10 bits per heavy atom. The van der Waals surface area contributed by atoms with Crippen LogP contribution in [-0.2, 0) is 9.09 Å². The summed E-state index contributed by atoms with van der Waals surface area (Å²) in [6, 6.07) is 7.04. The van der Waals surface area contributed by atoms with E-state index in [4.69, 9.17) is 9.26 Å². The van der Waals surface area contributed by atoms with Crippen LogP contribution in [0.2, 0.25) is 0 Å². The number of ether oxygens (including phenoxy) is 1. The predicted octanol–water partition coefficient (Wildman–Crippen LogP) is 4.48. The first kappa shape index (κ1) is 19.9. The number of hydrogen-bond donors (Lipinski definition) is 0. The highest BCUT2D eigenvalue weighted by molar-refractivity contribution is 7.54. The molecule has 0 spiro atoms. The topological polar surface area (TPSA) is 84.7 Å². The van der Waals surface area contributed by atoms with Crippen LogP contribution in [-0.4, -0.2) is 40.4 Å². The number of nitrogens with zero attached hydrogens (tertiary/aromatic N) is 3. The summed E-state index contributed by atoms with van der Waals surface area (Å²) in [5.74, 6) is -3.04. The normalized spacial score (nSPS) is 17.8. The van der Waals surface area contributed by atoms with Crippen molar-refractivity contribution in [2.75, 3.05) is 26.2 Å². The number of nitro benzene ring substituents is 1. The second-order valence-electron chi connectivity index (χ2n) is 6.78. The van der Waals surface area contributed by atoms with Gasteiger partial charge in [0.15, 0.2) is 17.4 Å². The minimum atomic E-state index is -3.12. The average Bonchev–Trinajstić information content (AvgIpc) is 3.56. The quantitative estimate of drug-likeness (QED) is 0.267. The zero-order chi connectivity index (χ0) is 20.8. The van der Waals surface area contributed by atoms with Gasteiger partial charge in [0.2, 0.25) is 5.75 Å². The summed E-state index contributed by atoms with van der Waals surface area (Å²) in [5, 5.41) is 11.3. The van der Waals surface area contributed by atoms with Gasteiger partial charge in [-0.05, 0) is 36.8 Å². The number of rotatable bonds is 8. The maximum atomic E-state index is 13.9. The minimum absolute atomic E-state index is 0.333. The molecule has 2 aliphatic heterocycles. The number of benzene rings is 2. The van der Waals surface area contributed by atoms with Gasteiger partial charge in [0.1, 0.15) is 0 Å². The van der Waals surface area contributed by atoms with E-state index in [1.165, 1.54) is 18.2 Å². The van der Waals surface area contributed by atoms with Crippen molar-refractivity contribution in [2.24, 2.45) is 0 Å². The first-order valence-corrected chi connectivity index (χ1v) is 10.5. The largest absolute Gasteiger partial charge is 0.444 e. The van der Waals surface area contributed by atoms with Gasteiger partial charge in [0.25, 0.3) is 0 Å². The van der Waals surface area contributed by atoms with E-state index < -0.39 is 41.8 Å². The molecule has 0 bridgehead atoms. The van der Waals surface area contributed by atoms with Gasteiger partial charge < -0.3 is 4.74 Å². The fourth-order valence-electron chi connectivity index (χ4n) is 2.88. The van der Waals surface area contributed by atoms with Crippen molar-refractivity contribution in [1.29, 1.82) is 0 Å². The van der Waals surface area contributed by atoms with Gasteiger partial charge >= 0.3 is 13.4 Å². The van der Waals surface area contributed by atoms with Crippen LogP contribution < -0.4 is 4.74 Å². The summed E-state index contributed by atoms with van der Waals surface area (Å²) in [7, 11) is -3.12. The summed E-state index contributed by atoms with van der Waals surface area (Å²) < 4.78 is 55.6. The Morgan fingerprint density at radius 2 is 1.69 bits per heavy atom. The lowest BCUT2D eigenvalue weighted by Crippen LogP contribution is -2.10. The van der Waals surface area contributed by atoms with Crippen LogP contribution in [0.15, 0.2) is 36.4 Å². The van der Waals surface area contributed by atoms with Crippen LogP contribution in [0.3, 0.4) is 0 Å². The van der Waals surface area contributed by atoms with E-state index in [0.29, 0.717) is 31.7 Å². The molecule has 2 fully saturated rings. The van der Waals surface area contributed by atoms with Gasteiger partial charge in [-0.3, -0.25) is 19.2 Å². The van der Waals surface area contributed by atoms with Crippen LogP contribution in [0.5, 0.6) is 11.5 Å². The molecule has 0 saturated carbocycles. The third kappa shape index (κ3) is 4.02. The molecule has 2 aliphatic rings. The Bertz CT molecular complexity index is 977. The first-order valence-electron chi connectivity index (χ1n) is 8.99. The Kier molecular flexibility index (Phi) is 5.12. The van der Waals surface area contributed by atoms with Crippen LogP contribution >= 0.6 is 7.67 Å². The molecule has 0 amide bonds. The fourth-order valence-corrected chi connectivity index (χ4v) is 5.23. The molecule has 8 nitrogen and oxygen atoms in total. The van der Waals surface area contributed by atoms with Gasteiger partial charge in [0.05, 0.1) is 11.0 Å². The number of halogens is 2. The molecule has 0 N–H and O–H groups in total. The van der Waals surface area contributed by atoms with Crippen LogP contribution in [0.1, 0.15) is 18.6 Å². The van der Waals surface area contributed by atoms with Gasteiger partial charge in [-0.2, -0.15) is 0 Å². The van der Waals surface area contributed by atoms with Crippen molar-refractivity contribution >= 4 is 13.4 Å². The highest BCUT2D eigenvalue weighted by Crippen LogP contribution is 2.63. The summed E-state index contributed by atoms with van der Waals surface area (Å²) in [6.45, 7) is 4.39. The molecule has 4 rings (SSSR count). The molecule has 29 heavy (non-hydrogen) atoms. The van der Waals surface area contributed by atoms with Crippen molar-refractivity contribution < 1.29 is 27.5 Å². The number of nitro groups is 1. The molecule has 2 heterocycles. The molecular formula is C18H18F2N3O5P. The second kappa shape index (κ2) is 7.46. The smallest absolute Gasteiger partial charge is 0.346 e. The number of para-hydroxylation sites is 1. The Morgan fingerprint density at radius 3 is 2.21 bits per heavy atom. The van der Waals surface area contributed by atoms with Crippen LogP contribution in [0.4, 0.5) is 14.5 Å². The van der Waals surface area contributed by atoms with Gasteiger partial charge in [-0.25, -0.2) is 18.1 Å². The van der Waals surface area contributed by atoms with Gasteiger partial charge in [-0.15, -0.1) is 0 Å². The summed E-state index contributed by atoms with van der Waals surface area (Å²) >= 11 is 0. The molecule has 2 aromatic rings. The molecule has 2 saturated heterocycles. The lowest BCUT2D eigenvalue weighted by atomic mass is 10.1. The van der Waals surface area contributed by atoms with E-state index in [2.05, 4.69) is 0 Å². The molecular weight excluding hydrogens is 407 g/mol. The molecule has 0 aliphatic carbocycles. The summed E-state index contributed by atoms with van der Waals surface area (Å²) in [6.07, 6.45) is -0.685. The predicted molar refractivity (Wildman–Crippen MR) is 99.8 cm³/mol. The SMILES string of the molecule is CC(OP(=O)(N1CC1)N1CC1)c1ccc([N+](=O)[O-])c(Oc2c(F)cccc2F)c1. The second-order valence-corrected chi connectivity index (χ2v) is 9.11. The third-order valence-corrected chi connectivity index (χ3v) is 7.46. The first-order chi connectivity index (χ1) is 13.8. The maximum Gasteiger partial charge on any atom is 0.346 e. The van der Waals surface area contributed by atoms with E-state index >= 15 is 0 Å². The fraction of sp³-hybridized carbons (Fsp3) is 0.333. The van der Waals surface area contributed by atoms with E-state index in [1.807, 2.05) is 0 Å². The van der Waals surface area contributed by atoms with Crippen LogP contribution in [0, 0.1) is 21.7 Å². The maximum absolute atomic E-state index is 13.9.